The molecule has 1 atom stereocenters. The maximum Gasteiger partial charge on any atom is 0.217 e. The van der Waals surface area contributed by atoms with Gasteiger partial charge in [0.1, 0.15) is 0 Å². The summed E-state index contributed by atoms with van der Waals surface area (Å²) in [5.74, 6) is 0.590. The van der Waals surface area contributed by atoms with Gasteiger partial charge in [-0.05, 0) is 44.1 Å². The topological polar surface area (TPSA) is 73.7 Å². The fourth-order valence-corrected chi connectivity index (χ4v) is 5.57. The molecule has 3 heterocycles. The molecule has 0 bridgehead atoms. The summed E-state index contributed by atoms with van der Waals surface area (Å²) in [4.78, 5) is 0. The standard InChI is InChI=1S/C17H27N3O4S/c21-25(22,17-1-2-17)19-11-15-3-7-18-20(15)16(12-19)6-10-24-13-14-4-8-23-9-5-14/h3,7,14,16-17H,1-2,4-6,8-13H2. The number of aromatic nitrogens is 2. The molecule has 25 heavy (non-hydrogen) atoms. The third-order valence-electron chi connectivity index (χ3n) is 5.45. The van der Waals surface area contributed by atoms with Gasteiger partial charge in [0.05, 0.1) is 23.5 Å². The van der Waals surface area contributed by atoms with Gasteiger partial charge in [0.25, 0.3) is 0 Å². The van der Waals surface area contributed by atoms with E-state index in [1.165, 1.54) is 0 Å². The minimum absolute atomic E-state index is 0.0574. The summed E-state index contributed by atoms with van der Waals surface area (Å²) >= 11 is 0. The van der Waals surface area contributed by atoms with Crippen LogP contribution in [0.1, 0.15) is 43.8 Å². The Kier molecular flexibility index (Phi) is 5.13. The van der Waals surface area contributed by atoms with E-state index in [2.05, 4.69) is 5.10 Å². The molecule has 0 spiro atoms. The quantitative estimate of drug-likeness (QED) is 0.682. The van der Waals surface area contributed by atoms with E-state index in [-0.39, 0.29) is 11.3 Å². The van der Waals surface area contributed by atoms with Crippen molar-refractivity contribution in [2.75, 3.05) is 33.0 Å². The molecule has 1 aromatic heterocycles. The largest absolute Gasteiger partial charge is 0.381 e. The fourth-order valence-electron chi connectivity index (χ4n) is 3.72. The Morgan fingerprint density at radius 1 is 1.24 bits per heavy atom. The van der Waals surface area contributed by atoms with Gasteiger partial charge in [-0.2, -0.15) is 9.40 Å². The van der Waals surface area contributed by atoms with Gasteiger partial charge in [-0.3, -0.25) is 4.68 Å². The predicted molar refractivity (Wildman–Crippen MR) is 92.6 cm³/mol. The molecule has 1 saturated carbocycles. The molecule has 0 amide bonds. The van der Waals surface area contributed by atoms with Crippen molar-refractivity contribution in [2.24, 2.45) is 5.92 Å². The van der Waals surface area contributed by atoms with E-state index < -0.39 is 10.0 Å². The monoisotopic (exact) mass is 369 g/mol. The van der Waals surface area contributed by atoms with Crippen LogP contribution >= 0.6 is 0 Å². The van der Waals surface area contributed by atoms with Crippen molar-refractivity contribution < 1.29 is 17.9 Å². The second-order valence-corrected chi connectivity index (χ2v) is 9.59. The summed E-state index contributed by atoms with van der Waals surface area (Å²) < 4.78 is 40.1. The number of fused-ring (bicyclic) bond motifs is 1. The first-order chi connectivity index (χ1) is 12.1. The maximum absolute atomic E-state index is 12.6. The molecule has 2 fully saturated rings. The summed E-state index contributed by atoms with van der Waals surface area (Å²) in [6, 6.07) is 1.98. The first-order valence-electron chi connectivity index (χ1n) is 9.31. The highest BCUT2D eigenvalue weighted by Crippen LogP contribution is 2.34. The molecular formula is C17H27N3O4S. The molecule has 8 heteroatoms. The lowest BCUT2D eigenvalue weighted by Gasteiger charge is -2.33. The van der Waals surface area contributed by atoms with E-state index in [0.29, 0.717) is 25.6 Å². The van der Waals surface area contributed by atoms with Gasteiger partial charge >= 0.3 is 0 Å². The number of sulfonamides is 1. The lowest BCUT2D eigenvalue weighted by molar-refractivity contribution is 0.0167. The van der Waals surface area contributed by atoms with Crippen LogP contribution in [0.3, 0.4) is 0 Å². The van der Waals surface area contributed by atoms with Crippen LogP contribution in [0.4, 0.5) is 0 Å². The molecule has 0 radical (unpaired) electrons. The zero-order valence-corrected chi connectivity index (χ0v) is 15.4. The molecular weight excluding hydrogens is 342 g/mol. The van der Waals surface area contributed by atoms with Crippen molar-refractivity contribution in [3.05, 3.63) is 18.0 Å². The molecule has 7 nitrogen and oxygen atoms in total. The van der Waals surface area contributed by atoms with Crippen LogP contribution in [0.2, 0.25) is 0 Å². The number of hydrogen-bond donors (Lipinski definition) is 0. The number of hydrogen-bond acceptors (Lipinski definition) is 5. The molecule has 1 aliphatic carbocycles. The van der Waals surface area contributed by atoms with Crippen molar-refractivity contribution in [3.63, 3.8) is 0 Å². The molecule has 1 unspecified atom stereocenters. The smallest absolute Gasteiger partial charge is 0.217 e. The highest BCUT2D eigenvalue weighted by Gasteiger charge is 2.42. The Labute approximate surface area is 149 Å². The van der Waals surface area contributed by atoms with Crippen LogP contribution in [0, 0.1) is 5.92 Å². The van der Waals surface area contributed by atoms with E-state index in [1.807, 2.05) is 10.7 Å². The molecule has 3 aliphatic rings. The van der Waals surface area contributed by atoms with Crippen molar-refractivity contribution in [3.8, 4) is 0 Å². The second kappa shape index (κ2) is 7.34. The minimum Gasteiger partial charge on any atom is -0.381 e. The predicted octanol–water partition coefficient (Wildman–Crippen LogP) is 1.57. The normalized spacial score (nSPS) is 25.8. The van der Waals surface area contributed by atoms with Gasteiger partial charge in [-0.15, -0.1) is 0 Å². The van der Waals surface area contributed by atoms with Gasteiger partial charge in [0, 0.05) is 39.2 Å². The van der Waals surface area contributed by atoms with E-state index in [0.717, 1.165) is 57.6 Å². The first-order valence-corrected chi connectivity index (χ1v) is 10.8. The van der Waals surface area contributed by atoms with Crippen molar-refractivity contribution >= 4 is 10.0 Å². The van der Waals surface area contributed by atoms with Crippen LogP contribution in [0.25, 0.3) is 0 Å². The zero-order valence-electron chi connectivity index (χ0n) is 14.5. The number of ether oxygens (including phenoxy) is 2. The average Bonchev–Trinajstić information content (AvgIpc) is 3.38. The molecule has 0 aromatic carbocycles. The van der Waals surface area contributed by atoms with Gasteiger partial charge in [0.15, 0.2) is 0 Å². The third-order valence-corrected chi connectivity index (χ3v) is 7.76. The van der Waals surface area contributed by atoms with Crippen molar-refractivity contribution in [1.29, 1.82) is 0 Å². The van der Waals surface area contributed by atoms with Gasteiger partial charge in [0.2, 0.25) is 10.0 Å². The van der Waals surface area contributed by atoms with E-state index in [9.17, 15) is 8.42 Å². The van der Waals surface area contributed by atoms with E-state index >= 15 is 0 Å². The first kappa shape index (κ1) is 17.5. The highest BCUT2D eigenvalue weighted by atomic mass is 32.2. The summed E-state index contributed by atoms with van der Waals surface area (Å²) in [7, 11) is -3.15. The number of rotatable bonds is 7. The third kappa shape index (κ3) is 3.92. The van der Waals surface area contributed by atoms with Crippen molar-refractivity contribution in [2.45, 2.75) is 49.9 Å². The van der Waals surface area contributed by atoms with Crippen LogP contribution in [0.15, 0.2) is 12.3 Å². The Morgan fingerprint density at radius 2 is 2.04 bits per heavy atom. The maximum atomic E-state index is 12.6. The van der Waals surface area contributed by atoms with Gasteiger partial charge in [-0.25, -0.2) is 8.42 Å². The summed E-state index contributed by atoms with van der Waals surface area (Å²) in [5.41, 5.74) is 0.977. The molecule has 2 aliphatic heterocycles. The van der Waals surface area contributed by atoms with Gasteiger partial charge in [-0.1, -0.05) is 0 Å². The van der Waals surface area contributed by atoms with Crippen LogP contribution in [-0.4, -0.2) is 60.7 Å². The molecule has 140 valence electrons. The second-order valence-electron chi connectivity index (χ2n) is 7.38. The Balaban J connectivity index is 1.33. The Bertz CT molecular complexity index is 680. The SMILES string of the molecule is O=S(=O)(C1CC1)N1Cc2ccnn2C(CCOCC2CCOCC2)C1. The summed E-state index contributed by atoms with van der Waals surface area (Å²) in [6.45, 7) is 4.03. The molecule has 4 rings (SSSR count). The van der Waals surface area contributed by atoms with Crippen LogP contribution in [0.5, 0.6) is 0 Å². The van der Waals surface area contributed by atoms with Crippen molar-refractivity contribution in [1.82, 2.24) is 14.1 Å². The van der Waals surface area contributed by atoms with Crippen LogP contribution in [-0.2, 0) is 26.0 Å². The molecule has 1 saturated heterocycles. The van der Waals surface area contributed by atoms with Crippen LogP contribution < -0.4 is 0 Å². The van der Waals surface area contributed by atoms with E-state index in [4.69, 9.17) is 9.47 Å². The Hall–Kier alpha value is -0.960. The summed E-state index contributed by atoms with van der Waals surface area (Å²) in [5, 5.41) is 4.25. The highest BCUT2D eigenvalue weighted by molar-refractivity contribution is 7.90. The fraction of sp³-hybridized carbons (Fsp3) is 0.824. The lowest BCUT2D eigenvalue weighted by Crippen LogP contribution is -2.43. The molecule has 0 N–H and O–H groups in total. The van der Waals surface area contributed by atoms with Gasteiger partial charge < -0.3 is 9.47 Å². The zero-order chi connectivity index (χ0) is 17.3. The molecule has 1 aromatic rings. The van der Waals surface area contributed by atoms with E-state index in [1.54, 1.807) is 10.5 Å². The average molecular weight is 369 g/mol. The summed E-state index contributed by atoms with van der Waals surface area (Å²) in [6.07, 6.45) is 6.29. The lowest BCUT2D eigenvalue weighted by atomic mass is 10.0. The minimum atomic E-state index is -3.15. The Morgan fingerprint density at radius 3 is 2.80 bits per heavy atom. The number of nitrogens with zero attached hydrogens (tertiary/aromatic N) is 3.